The van der Waals surface area contributed by atoms with Crippen LogP contribution in [0, 0.1) is 35.5 Å². The molecule has 1 fully saturated rings. The Labute approximate surface area is 284 Å². The Bertz CT molecular complexity index is 1060. The lowest BCUT2D eigenvalue weighted by Crippen LogP contribution is -2.57. The summed E-state index contributed by atoms with van der Waals surface area (Å²) in [6.45, 7) is 22.7. The van der Waals surface area contributed by atoms with Crippen LogP contribution in [0.1, 0.15) is 102 Å². The standard InChI is InChI=1S/C36H65N3O8/c1-16-23(10)27-34(42)46-30(21(6)7)32(40)39(15)29(25(12)18-3)36(44)47-31(22(8)9)33(41)38(14)28(24(11)17-2)35(43)45-26(20(4)5)19-37(27)13/h20-31H,16-19H2,1-15H3/t23-,24-,25-,26+,27+,28+,29+,30-,31-/m1/s1. The third-order valence-electron chi connectivity index (χ3n) is 9.94. The Hall–Kier alpha value is -2.69. The zero-order valence-electron chi connectivity index (χ0n) is 31.9. The van der Waals surface area contributed by atoms with Crippen LogP contribution in [-0.4, -0.2) is 109 Å². The van der Waals surface area contributed by atoms with Gasteiger partial charge in [-0.25, -0.2) is 9.59 Å². The zero-order chi connectivity index (χ0) is 36.5. The molecule has 11 heteroatoms. The van der Waals surface area contributed by atoms with Crippen molar-refractivity contribution in [3.63, 3.8) is 0 Å². The Morgan fingerprint density at radius 2 is 0.851 bits per heavy atom. The van der Waals surface area contributed by atoms with Gasteiger partial charge in [-0.2, -0.15) is 0 Å². The number of hydrogen-bond donors (Lipinski definition) is 0. The largest absolute Gasteiger partial charge is 0.459 e. The summed E-state index contributed by atoms with van der Waals surface area (Å²) in [5.74, 6) is -4.54. The molecule has 0 bridgehead atoms. The van der Waals surface area contributed by atoms with E-state index in [0.29, 0.717) is 19.3 Å². The molecule has 272 valence electrons. The van der Waals surface area contributed by atoms with Gasteiger partial charge < -0.3 is 24.0 Å². The summed E-state index contributed by atoms with van der Waals surface area (Å²) in [5, 5.41) is 0. The molecule has 0 aromatic rings. The minimum absolute atomic E-state index is 0.111. The van der Waals surface area contributed by atoms with Crippen molar-refractivity contribution in [2.24, 2.45) is 35.5 Å². The number of esters is 3. The molecule has 0 radical (unpaired) electrons. The van der Waals surface area contributed by atoms with E-state index in [1.807, 2.05) is 60.3 Å². The molecule has 0 aromatic carbocycles. The second kappa shape index (κ2) is 18.7. The summed E-state index contributed by atoms with van der Waals surface area (Å²) in [6, 6.07) is -2.70. The molecule has 1 saturated heterocycles. The lowest BCUT2D eigenvalue weighted by atomic mass is 9.94. The van der Waals surface area contributed by atoms with Crippen molar-refractivity contribution in [1.29, 1.82) is 0 Å². The molecule has 0 aromatic heterocycles. The predicted octanol–water partition coefficient (Wildman–Crippen LogP) is 4.80. The van der Waals surface area contributed by atoms with Crippen LogP contribution in [0.3, 0.4) is 0 Å². The summed E-state index contributed by atoms with van der Waals surface area (Å²) in [6.07, 6.45) is -1.17. The Balaban J connectivity index is 3.95. The lowest BCUT2D eigenvalue weighted by Gasteiger charge is -2.39. The molecule has 1 rings (SSSR count). The monoisotopic (exact) mass is 667 g/mol. The van der Waals surface area contributed by atoms with Gasteiger partial charge >= 0.3 is 17.9 Å². The quantitative estimate of drug-likeness (QED) is 0.252. The van der Waals surface area contributed by atoms with Crippen LogP contribution in [-0.2, 0) is 38.2 Å². The van der Waals surface area contributed by atoms with Crippen LogP contribution in [0.5, 0.6) is 0 Å². The summed E-state index contributed by atoms with van der Waals surface area (Å²) >= 11 is 0. The predicted molar refractivity (Wildman–Crippen MR) is 182 cm³/mol. The van der Waals surface area contributed by atoms with E-state index in [4.69, 9.17) is 14.2 Å². The summed E-state index contributed by atoms with van der Waals surface area (Å²) in [7, 11) is 4.85. The van der Waals surface area contributed by atoms with Crippen molar-refractivity contribution < 1.29 is 38.2 Å². The first-order chi connectivity index (χ1) is 21.8. The number of ether oxygens (including phenoxy) is 3. The molecule has 2 amide bonds. The normalized spacial score (nSPS) is 28.9. The van der Waals surface area contributed by atoms with Crippen molar-refractivity contribution in [3.8, 4) is 0 Å². The molecule has 0 aliphatic carbocycles. The van der Waals surface area contributed by atoms with E-state index in [1.54, 1.807) is 41.8 Å². The van der Waals surface area contributed by atoms with E-state index >= 15 is 0 Å². The highest BCUT2D eigenvalue weighted by Gasteiger charge is 2.44. The SMILES string of the molecule is CC[C@@H](C)[C@H]1C(=O)O[C@H](C(C)C)C(=O)N(C)[C@@H]([C@H](C)CC)C(=O)O[C@H](C(C)C)C(=O)N(C)[C@@H]([C@H](C)CC)C(=O)O[C@H](C(C)C)CN1C. The van der Waals surface area contributed by atoms with E-state index < -0.39 is 78.0 Å². The highest BCUT2D eigenvalue weighted by atomic mass is 16.6. The molecule has 9 atom stereocenters. The van der Waals surface area contributed by atoms with Gasteiger partial charge in [0, 0.05) is 20.6 Å². The molecule has 47 heavy (non-hydrogen) atoms. The fourth-order valence-corrected chi connectivity index (χ4v) is 6.07. The number of cyclic esters (lactones) is 3. The first kappa shape index (κ1) is 42.3. The Kier molecular flexibility index (Phi) is 16.9. The van der Waals surface area contributed by atoms with Gasteiger partial charge in [-0.05, 0) is 42.6 Å². The van der Waals surface area contributed by atoms with Crippen LogP contribution in [0.25, 0.3) is 0 Å². The van der Waals surface area contributed by atoms with Gasteiger partial charge in [0.1, 0.15) is 24.2 Å². The van der Waals surface area contributed by atoms with Crippen LogP contribution in [0.15, 0.2) is 0 Å². The number of nitrogens with zero attached hydrogens (tertiary/aromatic N) is 3. The average molecular weight is 668 g/mol. The fourth-order valence-electron chi connectivity index (χ4n) is 6.07. The molecular formula is C36H65N3O8. The molecular weight excluding hydrogens is 602 g/mol. The van der Waals surface area contributed by atoms with Crippen LogP contribution >= 0.6 is 0 Å². The molecule has 0 spiro atoms. The highest BCUT2D eigenvalue weighted by Crippen LogP contribution is 2.26. The van der Waals surface area contributed by atoms with Crippen LogP contribution in [0.4, 0.5) is 0 Å². The van der Waals surface area contributed by atoms with Gasteiger partial charge in [-0.1, -0.05) is 102 Å². The number of hydrogen-bond acceptors (Lipinski definition) is 9. The van der Waals surface area contributed by atoms with Crippen molar-refractivity contribution in [2.75, 3.05) is 27.7 Å². The van der Waals surface area contributed by atoms with Crippen molar-refractivity contribution in [2.45, 2.75) is 139 Å². The third kappa shape index (κ3) is 10.6. The second-order valence-corrected chi connectivity index (χ2v) is 14.8. The van der Waals surface area contributed by atoms with Gasteiger partial charge in [0.25, 0.3) is 11.8 Å². The minimum atomic E-state index is -1.21. The number of likely N-dealkylation sites (N-methyl/N-ethyl adjacent to an activating group) is 3. The topological polar surface area (TPSA) is 123 Å². The Morgan fingerprint density at radius 1 is 0.532 bits per heavy atom. The van der Waals surface area contributed by atoms with Gasteiger partial charge in [0.05, 0.1) is 0 Å². The van der Waals surface area contributed by atoms with Gasteiger partial charge in [-0.15, -0.1) is 0 Å². The lowest BCUT2D eigenvalue weighted by molar-refractivity contribution is -0.179. The molecule has 1 aliphatic rings. The first-order valence-corrected chi connectivity index (χ1v) is 17.6. The summed E-state index contributed by atoms with van der Waals surface area (Å²) in [5.41, 5.74) is 0. The Morgan fingerprint density at radius 3 is 1.17 bits per heavy atom. The number of rotatable bonds is 9. The zero-order valence-corrected chi connectivity index (χ0v) is 31.9. The fraction of sp³-hybridized carbons (Fsp3) is 0.861. The molecule has 1 aliphatic heterocycles. The van der Waals surface area contributed by atoms with Gasteiger partial charge in [-0.3, -0.25) is 19.3 Å². The van der Waals surface area contributed by atoms with E-state index in [2.05, 4.69) is 0 Å². The molecule has 0 N–H and O–H groups in total. The first-order valence-electron chi connectivity index (χ1n) is 17.6. The molecule has 0 unspecified atom stereocenters. The molecule has 11 nitrogen and oxygen atoms in total. The van der Waals surface area contributed by atoms with E-state index in [9.17, 15) is 24.0 Å². The second-order valence-electron chi connectivity index (χ2n) is 14.8. The van der Waals surface area contributed by atoms with Crippen molar-refractivity contribution in [3.05, 3.63) is 0 Å². The summed E-state index contributed by atoms with van der Waals surface area (Å²) < 4.78 is 18.1. The van der Waals surface area contributed by atoms with Crippen molar-refractivity contribution >= 4 is 29.7 Å². The highest BCUT2D eigenvalue weighted by molar-refractivity contribution is 5.92. The van der Waals surface area contributed by atoms with Gasteiger partial charge in [0.2, 0.25) is 0 Å². The number of amides is 2. The number of carbonyl (C=O) groups excluding carboxylic acids is 5. The minimum Gasteiger partial charge on any atom is -0.459 e. The maximum Gasteiger partial charge on any atom is 0.329 e. The van der Waals surface area contributed by atoms with E-state index in [-0.39, 0.29) is 30.2 Å². The average Bonchev–Trinajstić information content (AvgIpc) is 3.00. The maximum atomic E-state index is 14.1. The number of carbonyl (C=O) groups is 5. The van der Waals surface area contributed by atoms with E-state index in [0.717, 1.165) is 0 Å². The van der Waals surface area contributed by atoms with Crippen molar-refractivity contribution in [1.82, 2.24) is 14.7 Å². The smallest absolute Gasteiger partial charge is 0.329 e. The molecule has 1 heterocycles. The van der Waals surface area contributed by atoms with Gasteiger partial charge in [0.15, 0.2) is 12.2 Å². The van der Waals surface area contributed by atoms with Crippen LogP contribution in [0.2, 0.25) is 0 Å². The summed E-state index contributed by atoms with van der Waals surface area (Å²) in [4.78, 5) is 74.5. The maximum absolute atomic E-state index is 14.1. The van der Waals surface area contributed by atoms with E-state index in [1.165, 1.54) is 16.8 Å². The van der Waals surface area contributed by atoms with Crippen LogP contribution < -0.4 is 0 Å². The molecule has 0 saturated carbocycles. The third-order valence-corrected chi connectivity index (χ3v) is 9.94.